The van der Waals surface area contributed by atoms with Gasteiger partial charge in [-0.1, -0.05) is 48.5 Å². The van der Waals surface area contributed by atoms with Crippen molar-refractivity contribution < 1.29 is 4.39 Å². The molecule has 2 N–H and O–H groups in total. The maximum Gasteiger partial charge on any atom is 0.157 e. The summed E-state index contributed by atoms with van der Waals surface area (Å²) < 4.78 is 18.2. The Hall–Kier alpha value is -3.44. The molecule has 1 aliphatic carbocycles. The summed E-state index contributed by atoms with van der Waals surface area (Å²) in [5.74, 6) is 0.722. The van der Waals surface area contributed by atoms with Crippen LogP contribution in [0.4, 0.5) is 4.39 Å². The highest BCUT2D eigenvalue weighted by Crippen LogP contribution is 2.38. The van der Waals surface area contributed by atoms with Crippen LogP contribution in [-0.2, 0) is 13.0 Å². The molecule has 0 radical (unpaired) electrons. The van der Waals surface area contributed by atoms with Crippen molar-refractivity contribution in [1.82, 2.24) is 20.1 Å². The highest BCUT2D eigenvalue weighted by molar-refractivity contribution is 6.07. The molecule has 0 unspecified atom stereocenters. The molecule has 0 aliphatic heterocycles. The predicted octanol–water partition coefficient (Wildman–Crippen LogP) is 6.22. The Morgan fingerprint density at radius 1 is 1.03 bits per heavy atom. The Morgan fingerprint density at radius 2 is 1.82 bits per heavy atom. The molecule has 1 aliphatic rings. The highest BCUT2D eigenvalue weighted by Gasteiger charge is 2.22. The van der Waals surface area contributed by atoms with E-state index < -0.39 is 0 Å². The van der Waals surface area contributed by atoms with E-state index in [9.17, 15) is 0 Å². The van der Waals surface area contributed by atoms with Crippen LogP contribution in [0.2, 0.25) is 0 Å². The van der Waals surface area contributed by atoms with Gasteiger partial charge in [0.1, 0.15) is 0 Å². The fourth-order valence-corrected chi connectivity index (χ4v) is 4.94. The molecule has 5 heteroatoms. The molecule has 0 amide bonds. The predicted molar refractivity (Wildman–Crippen MR) is 137 cm³/mol. The minimum absolute atomic E-state index is 0.186. The van der Waals surface area contributed by atoms with Gasteiger partial charge < -0.3 is 9.88 Å². The van der Waals surface area contributed by atoms with Crippen molar-refractivity contribution in [2.24, 2.45) is 5.92 Å². The maximum atomic E-state index is 16.1. The van der Waals surface area contributed by atoms with Gasteiger partial charge in [-0.15, -0.1) is 0 Å². The third kappa shape index (κ3) is 3.90. The van der Waals surface area contributed by atoms with Crippen molar-refractivity contribution in [3.63, 3.8) is 0 Å². The maximum absolute atomic E-state index is 16.1. The number of fused-ring (bicyclic) bond motifs is 3. The van der Waals surface area contributed by atoms with Gasteiger partial charge in [0, 0.05) is 22.9 Å². The van der Waals surface area contributed by atoms with Crippen LogP contribution in [0, 0.1) is 18.7 Å². The Balaban J connectivity index is 1.36. The first-order valence-electron chi connectivity index (χ1n) is 12.2. The monoisotopic (exact) mass is 452 g/mol. The lowest BCUT2D eigenvalue weighted by molar-refractivity contribution is 0.635. The van der Waals surface area contributed by atoms with E-state index in [1.165, 1.54) is 18.4 Å². The number of rotatable bonds is 8. The number of benzene rings is 3. The number of aryl methyl sites for hydroxylation is 1. The number of hydrogen-bond acceptors (Lipinski definition) is 2. The van der Waals surface area contributed by atoms with Crippen LogP contribution in [0.15, 0.2) is 66.9 Å². The summed E-state index contributed by atoms with van der Waals surface area (Å²) in [6.07, 6.45) is 5.51. The van der Waals surface area contributed by atoms with Crippen LogP contribution in [-0.4, -0.2) is 27.9 Å². The minimum atomic E-state index is -0.186. The van der Waals surface area contributed by atoms with Gasteiger partial charge in [-0.25, -0.2) is 4.39 Å². The third-order valence-electron chi connectivity index (χ3n) is 7.07. The SMILES string of the molecule is Cc1ccccc1-c1c(F)c2c3cn[nH]c3ccc2n1Cc1ccc(CCNCC2CC2)cc1. The molecule has 2 aromatic heterocycles. The molecule has 0 bridgehead atoms. The van der Waals surface area contributed by atoms with Gasteiger partial charge in [0.05, 0.1) is 22.9 Å². The first-order valence-corrected chi connectivity index (χ1v) is 12.2. The van der Waals surface area contributed by atoms with Gasteiger partial charge in [-0.2, -0.15) is 5.10 Å². The highest BCUT2D eigenvalue weighted by atomic mass is 19.1. The van der Waals surface area contributed by atoms with E-state index in [0.717, 1.165) is 58.5 Å². The van der Waals surface area contributed by atoms with E-state index in [1.54, 1.807) is 6.20 Å². The van der Waals surface area contributed by atoms with E-state index in [-0.39, 0.29) is 5.82 Å². The number of hydrogen-bond donors (Lipinski definition) is 2. The smallest absolute Gasteiger partial charge is 0.157 e. The molecular weight excluding hydrogens is 423 g/mol. The van der Waals surface area contributed by atoms with Gasteiger partial charge in [-0.3, -0.25) is 5.10 Å². The average molecular weight is 453 g/mol. The molecule has 1 saturated carbocycles. The lowest BCUT2D eigenvalue weighted by atomic mass is 10.0. The zero-order valence-corrected chi connectivity index (χ0v) is 19.4. The lowest BCUT2D eigenvalue weighted by Crippen LogP contribution is -2.19. The molecular formula is C29H29FN4. The number of nitrogens with zero attached hydrogens (tertiary/aromatic N) is 2. The second kappa shape index (κ2) is 8.73. The Morgan fingerprint density at radius 3 is 2.62 bits per heavy atom. The average Bonchev–Trinajstić information content (AvgIpc) is 3.48. The van der Waals surface area contributed by atoms with Crippen molar-refractivity contribution in [3.05, 3.63) is 89.4 Å². The molecule has 5 aromatic rings. The number of H-pyrrole nitrogens is 1. The second-order valence-electron chi connectivity index (χ2n) is 9.57. The van der Waals surface area contributed by atoms with E-state index in [0.29, 0.717) is 17.6 Å². The van der Waals surface area contributed by atoms with Crippen LogP contribution in [0.1, 0.15) is 29.5 Å². The van der Waals surface area contributed by atoms with Gasteiger partial charge in [0.25, 0.3) is 0 Å². The van der Waals surface area contributed by atoms with Gasteiger partial charge in [0.2, 0.25) is 0 Å². The lowest BCUT2D eigenvalue weighted by Gasteiger charge is -2.13. The van der Waals surface area contributed by atoms with Gasteiger partial charge in [0.15, 0.2) is 5.82 Å². The van der Waals surface area contributed by atoms with E-state index in [2.05, 4.69) is 44.3 Å². The number of aromatic amines is 1. The van der Waals surface area contributed by atoms with Crippen molar-refractivity contribution in [2.45, 2.75) is 32.7 Å². The summed E-state index contributed by atoms with van der Waals surface area (Å²) in [7, 11) is 0. The Kier molecular flexibility index (Phi) is 5.42. The topological polar surface area (TPSA) is 45.6 Å². The standard InChI is InChI=1S/C29H29FN4/c1-19-4-2-3-5-23(19)29-28(30)27-24-17-32-33-25(24)12-13-26(27)34(29)18-22-10-6-20(7-11-22)14-15-31-16-21-8-9-21/h2-7,10-13,17,21,31H,8-9,14-16,18H2,1H3,(H,32,33). The van der Waals surface area contributed by atoms with Crippen molar-refractivity contribution in [2.75, 3.05) is 13.1 Å². The fraction of sp³-hybridized carbons (Fsp3) is 0.276. The molecule has 0 atom stereocenters. The molecule has 34 heavy (non-hydrogen) atoms. The first kappa shape index (κ1) is 21.1. The van der Waals surface area contributed by atoms with Gasteiger partial charge >= 0.3 is 0 Å². The zero-order chi connectivity index (χ0) is 23.1. The normalized spacial score (nSPS) is 13.8. The van der Waals surface area contributed by atoms with Crippen LogP contribution in [0.5, 0.6) is 0 Å². The van der Waals surface area contributed by atoms with Crippen LogP contribution in [0.25, 0.3) is 33.1 Å². The van der Waals surface area contributed by atoms with Crippen LogP contribution >= 0.6 is 0 Å². The van der Waals surface area contributed by atoms with E-state index in [4.69, 9.17) is 0 Å². The molecule has 4 nitrogen and oxygen atoms in total. The van der Waals surface area contributed by atoms with E-state index >= 15 is 4.39 Å². The van der Waals surface area contributed by atoms with Crippen molar-refractivity contribution >= 4 is 21.8 Å². The summed E-state index contributed by atoms with van der Waals surface area (Å²) in [5.41, 5.74) is 6.84. The first-order chi connectivity index (χ1) is 16.7. The molecule has 3 aromatic carbocycles. The van der Waals surface area contributed by atoms with Crippen LogP contribution < -0.4 is 5.32 Å². The molecule has 2 heterocycles. The fourth-order valence-electron chi connectivity index (χ4n) is 4.94. The summed E-state index contributed by atoms with van der Waals surface area (Å²) in [6.45, 7) is 4.81. The zero-order valence-electron chi connectivity index (χ0n) is 19.4. The van der Waals surface area contributed by atoms with Gasteiger partial charge in [-0.05, 0) is 74.0 Å². The Bertz CT molecular complexity index is 1460. The molecule has 0 spiro atoms. The second-order valence-corrected chi connectivity index (χ2v) is 9.57. The minimum Gasteiger partial charge on any atom is -0.333 e. The molecule has 172 valence electrons. The van der Waals surface area contributed by atoms with E-state index in [1.807, 2.05) is 43.3 Å². The summed E-state index contributed by atoms with van der Waals surface area (Å²) in [6, 6.07) is 20.8. The molecule has 1 fully saturated rings. The number of aromatic nitrogens is 3. The van der Waals surface area contributed by atoms with Crippen molar-refractivity contribution in [3.8, 4) is 11.3 Å². The van der Waals surface area contributed by atoms with Crippen LogP contribution in [0.3, 0.4) is 0 Å². The molecule has 0 saturated heterocycles. The summed E-state index contributed by atoms with van der Waals surface area (Å²) in [5, 5.41) is 12.1. The largest absolute Gasteiger partial charge is 0.333 e. The molecule has 6 rings (SSSR count). The summed E-state index contributed by atoms with van der Waals surface area (Å²) >= 11 is 0. The van der Waals surface area contributed by atoms with Crippen molar-refractivity contribution in [1.29, 1.82) is 0 Å². The quantitative estimate of drug-likeness (QED) is 0.275. The summed E-state index contributed by atoms with van der Waals surface area (Å²) in [4.78, 5) is 0. The Labute approximate surface area is 198 Å². The number of nitrogens with one attached hydrogen (secondary N) is 2. The number of halogens is 1. The third-order valence-corrected chi connectivity index (χ3v) is 7.07.